The van der Waals surface area contributed by atoms with Crippen molar-refractivity contribution in [3.8, 4) is 0 Å². The lowest BCUT2D eigenvalue weighted by Crippen LogP contribution is -2.19. The smallest absolute Gasteiger partial charge is 0.225 e. The van der Waals surface area contributed by atoms with Gasteiger partial charge in [0.15, 0.2) is 0 Å². The number of methoxy groups -OCH3 is 1. The van der Waals surface area contributed by atoms with Gasteiger partial charge in [-0.3, -0.25) is 4.79 Å². The van der Waals surface area contributed by atoms with E-state index in [0.717, 1.165) is 17.7 Å². The predicted molar refractivity (Wildman–Crippen MR) is 69.2 cm³/mol. The standard InChI is InChI=1S/C13H20N2O2/c1-14-9-7-13(16)15-12-6-4-3-5-11(12)8-10-17-2/h3-6,14H,7-10H2,1-2H3,(H,15,16). The van der Waals surface area contributed by atoms with Gasteiger partial charge in [0.25, 0.3) is 0 Å². The van der Waals surface area contributed by atoms with E-state index < -0.39 is 0 Å². The second-order valence-electron chi connectivity index (χ2n) is 3.80. The Morgan fingerprint density at radius 2 is 2.12 bits per heavy atom. The number of rotatable bonds is 7. The molecule has 1 aromatic rings. The van der Waals surface area contributed by atoms with Gasteiger partial charge in [-0.1, -0.05) is 18.2 Å². The van der Waals surface area contributed by atoms with Crippen molar-refractivity contribution in [2.24, 2.45) is 0 Å². The summed E-state index contributed by atoms with van der Waals surface area (Å²) in [6.45, 7) is 1.34. The summed E-state index contributed by atoms with van der Waals surface area (Å²) in [5.74, 6) is 0.0317. The minimum atomic E-state index is 0.0317. The lowest BCUT2D eigenvalue weighted by molar-refractivity contribution is -0.116. The number of benzene rings is 1. The van der Waals surface area contributed by atoms with Gasteiger partial charge < -0.3 is 15.4 Å². The normalized spacial score (nSPS) is 10.2. The molecule has 94 valence electrons. The third-order valence-corrected chi connectivity index (χ3v) is 2.47. The molecular formula is C13H20N2O2. The van der Waals surface area contributed by atoms with E-state index in [9.17, 15) is 4.79 Å². The molecule has 0 fully saturated rings. The van der Waals surface area contributed by atoms with Gasteiger partial charge >= 0.3 is 0 Å². The zero-order valence-corrected chi connectivity index (χ0v) is 10.5. The van der Waals surface area contributed by atoms with Crippen LogP contribution in [0, 0.1) is 0 Å². The van der Waals surface area contributed by atoms with Crippen LogP contribution < -0.4 is 10.6 Å². The van der Waals surface area contributed by atoms with Crippen molar-refractivity contribution in [1.29, 1.82) is 0 Å². The number of hydrogen-bond donors (Lipinski definition) is 2. The van der Waals surface area contributed by atoms with Crippen molar-refractivity contribution in [3.05, 3.63) is 29.8 Å². The van der Waals surface area contributed by atoms with Crippen LogP contribution in [-0.2, 0) is 16.0 Å². The molecule has 1 rings (SSSR count). The first-order chi connectivity index (χ1) is 8.27. The largest absolute Gasteiger partial charge is 0.384 e. The first kappa shape index (κ1) is 13.7. The van der Waals surface area contributed by atoms with Crippen LogP contribution in [0.1, 0.15) is 12.0 Å². The molecule has 2 N–H and O–H groups in total. The van der Waals surface area contributed by atoms with E-state index in [2.05, 4.69) is 10.6 Å². The van der Waals surface area contributed by atoms with Crippen molar-refractivity contribution in [2.45, 2.75) is 12.8 Å². The average molecular weight is 236 g/mol. The number of carbonyl (C=O) groups is 1. The van der Waals surface area contributed by atoms with Gasteiger partial charge in [0.1, 0.15) is 0 Å². The first-order valence-corrected chi connectivity index (χ1v) is 5.79. The summed E-state index contributed by atoms with van der Waals surface area (Å²) < 4.78 is 5.05. The van der Waals surface area contributed by atoms with E-state index in [1.165, 1.54) is 0 Å². The van der Waals surface area contributed by atoms with Gasteiger partial charge in [-0.25, -0.2) is 0 Å². The second kappa shape index (κ2) is 7.81. The van der Waals surface area contributed by atoms with Crippen LogP contribution in [-0.4, -0.2) is 33.2 Å². The minimum Gasteiger partial charge on any atom is -0.384 e. The molecule has 17 heavy (non-hydrogen) atoms. The maximum absolute atomic E-state index is 11.6. The Bertz CT molecular complexity index is 353. The molecule has 0 bridgehead atoms. The fourth-order valence-electron chi connectivity index (χ4n) is 1.52. The summed E-state index contributed by atoms with van der Waals surface area (Å²) in [5.41, 5.74) is 1.98. The molecule has 4 heteroatoms. The Balaban J connectivity index is 2.59. The Hall–Kier alpha value is -1.39. The quantitative estimate of drug-likeness (QED) is 0.753. The van der Waals surface area contributed by atoms with E-state index in [1.807, 2.05) is 31.3 Å². The van der Waals surface area contributed by atoms with Crippen molar-refractivity contribution in [3.63, 3.8) is 0 Å². The van der Waals surface area contributed by atoms with Crippen molar-refractivity contribution in [2.75, 3.05) is 32.6 Å². The summed E-state index contributed by atoms with van der Waals surface area (Å²) in [5, 5.41) is 5.87. The summed E-state index contributed by atoms with van der Waals surface area (Å²) in [6, 6.07) is 7.81. The molecule has 0 aliphatic carbocycles. The number of para-hydroxylation sites is 1. The molecule has 0 saturated heterocycles. The van der Waals surface area contributed by atoms with E-state index in [1.54, 1.807) is 7.11 Å². The Morgan fingerprint density at radius 1 is 1.35 bits per heavy atom. The number of amides is 1. The number of anilines is 1. The highest BCUT2D eigenvalue weighted by molar-refractivity contribution is 5.91. The number of ether oxygens (including phenoxy) is 1. The van der Waals surface area contributed by atoms with Gasteiger partial charge in [0.2, 0.25) is 5.91 Å². The fourth-order valence-corrected chi connectivity index (χ4v) is 1.52. The Labute approximate surface area is 102 Å². The monoisotopic (exact) mass is 236 g/mol. The van der Waals surface area contributed by atoms with Crippen LogP contribution in [0.3, 0.4) is 0 Å². The molecule has 0 unspecified atom stereocenters. The molecule has 0 saturated carbocycles. The zero-order valence-electron chi connectivity index (χ0n) is 10.5. The first-order valence-electron chi connectivity index (χ1n) is 5.79. The summed E-state index contributed by atoms with van der Waals surface area (Å²) in [6.07, 6.45) is 1.29. The third-order valence-electron chi connectivity index (χ3n) is 2.47. The van der Waals surface area contributed by atoms with E-state index in [0.29, 0.717) is 19.6 Å². The molecule has 0 aliphatic heterocycles. The number of carbonyl (C=O) groups excluding carboxylic acids is 1. The maximum atomic E-state index is 11.6. The predicted octanol–water partition coefficient (Wildman–Crippen LogP) is 1.42. The molecule has 0 aliphatic rings. The molecule has 0 radical (unpaired) electrons. The Kier molecular flexibility index (Phi) is 6.29. The van der Waals surface area contributed by atoms with Crippen molar-refractivity contribution < 1.29 is 9.53 Å². The Morgan fingerprint density at radius 3 is 2.82 bits per heavy atom. The lowest BCUT2D eigenvalue weighted by atomic mass is 10.1. The number of nitrogens with one attached hydrogen (secondary N) is 2. The molecule has 0 heterocycles. The van der Waals surface area contributed by atoms with Gasteiger partial charge in [0.05, 0.1) is 6.61 Å². The number of hydrogen-bond acceptors (Lipinski definition) is 3. The minimum absolute atomic E-state index is 0.0317. The molecule has 1 aromatic carbocycles. The second-order valence-corrected chi connectivity index (χ2v) is 3.80. The van der Waals surface area contributed by atoms with Gasteiger partial charge in [0, 0.05) is 25.8 Å². The average Bonchev–Trinajstić information content (AvgIpc) is 2.35. The topological polar surface area (TPSA) is 50.4 Å². The van der Waals surface area contributed by atoms with E-state index >= 15 is 0 Å². The molecule has 0 aromatic heterocycles. The summed E-state index contributed by atoms with van der Waals surface area (Å²) >= 11 is 0. The van der Waals surface area contributed by atoms with Crippen LogP contribution in [0.15, 0.2) is 24.3 Å². The highest BCUT2D eigenvalue weighted by Gasteiger charge is 2.05. The zero-order chi connectivity index (χ0) is 12.5. The van der Waals surface area contributed by atoms with E-state index in [4.69, 9.17) is 4.74 Å². The van der Waals surface area contributed by atoms with Crippen LogP contribution in [0.4, 0.5) is 5.69 Å². The lowest BCUT2D eigenvalue weighted by Gasteiger charge is -2.10. The van der Waals surface area contributed by atoms with Crippen LogP contribution in [0.5, 0.6) is 0 Å². The SMILES string of the molecule is CNCCC(=O)Nc1ccccc1CCOC. The maximum Gasteiger partial charge on any atom is 0.225 e. The van der Waals surface area contributed by atoms with Crippen molar-refractivity contribution in [1.82, 2.24) is 5.32 Å². The molecule has 0 atom stereocenters. The summed E-state index contributed by atoms with van der Waals surface area (Å²) in [7, 11) is 3.51. The van der Waals surface area contributed by atoms with Gasteiger partial charge in [-0.05, 0) is 25.1 Å². The third kappa shape index (κ3) is 4.97. The fraction of sp³-hybridized carbons (Fsp3) is 0.462. The van der Waals surface area contributed by atoms with Crippen LogP contribution >= 0.6 is 0 Å². The highest BCUT2D eigenvalue weighted by Crippen LogP contribution is 2.15. The van der Waals surface area contributed by atoms with Crippen molar-refractivity contribution >= 4 is 11.6 Å². The molecule has 1 amide bonds. The molecule has 0 spiro atoms. The molecular weight excluding hydrogens is 216 g/mol. The van der Waals surface area contributed by atoms with Gasteiger partial charge in [-0.2, -0.15) is 0 Å². The summed E-state index contributed by atoms with van der Waals surface area (Å²) in [4.78, 5) is 11.6. The highest BCUT2D eigenvalue weighted by atomic mass is 16.5. The van der Waals surface area contributed by atoms with E-state index in [-0.39, 0.29) is 5.91 Å². The molecule has 4 nitrogen and oxygen atoms in total. The van der Waals surface area contributed by atoms with Crippen LogP contribution in [0.25, 0.3) is 0 Å². The van der Waals surface area contributed by atoms with Crippen LogP contribution in [0.2, 0.25) is 0 Å². The van der Waals surface area contributed by atoms with Gasteiger partial charge in [-0.15, -0.1) is 0 Å².